The fourth-order valence-electron chi connectivity index (χ4n) is 5.03. The summed E-state index contributed by atoms with van der Waals surface area (Å²) >= 11 is 0. The summed E-state index contributed by atoms with van der Waals surface area (Å²) in [6.07, 6.45) is -11.5. The van der Waals surface area contributed by atoms with Crippen molar-refractivity contribution < 1.29 is 55.2 Å². The monoisotopic (exact) mass is 612 g/mol. The average molecular weight is 613 g/mol. The van der Waals surface area contributed by atoms with E-state index in [2.05, 4.69) is 14.8 Å². The fraction of sp³-hybridized carbons (Fsp3) is 0.310. The molecule has 3 aromatic rings. The zero-order chi connectivity index (χ0) is 31.4. The Hall–Kier alpha value is -4.46. The molecule has 2 N–H and O–H groups in total. The first-order chi connectivity index (χ1) is 20.2. The number of esters is 1. The van der Waals surface area contributed by atoms with Crippen molar-refractivity contribution in [1.29, 1.82) is 0 Å². The maximum atomic E-state index is 13.9. The number of aliphatic hydroxyl groups is 1. The molecule has 43 heavy (non-hydrogen) atoms. The van der Waals surface area contributed by atoms with Crippen molar-refractivity contribution in [1.82, 2.24) is 10.2 Å². The minimum Gasteiger partial charge on any atom is -0.467 e. The van der Waals surface area contributed by atoms with Gasteiger partial charge in [-0.2, -0.15) is 0 Å². The zero-order valence-corrected chi connectivity index (χ0v) is 22.5. The Kier molecular flexibility index (Phi) is 9.09. The molecule has 0 bridgehead atoms. The van der Waals surface area contributed by atoms with Gasteiger partial charge in [-0.05, 0) is 41.0 Å². The number of halogens is 6. The van der Waals surface area contributed by atoms with E-state index in [9.17, 15) is 41.0 Å². The van der Waals surface area contributed by atoms with E-state index in [1.54, 1.807) is 30.3 Å². The molecule has 0 radical (unpaired) electrons. The molecule has 4 rings (SSSR count). The zero-order valence-electron chi connectivity index (χ0n) is 22.5. The summed E-state index contributed by atoms with van der Waals surface area (Å²) in [6, 6.07) is 15.5. The molecule has 2 atom stereocenters. The lowest BCUT2D eigenvalue weighted by molar-refractivity contribution is -0.275. The topological polar surface area (TPSA) is 97.3 Å². The predicted molar refractivity (Wildman–Crippen MR) is 139 cm³/mol. The van der Waals surface area contributed by atoms with E-state index in [1.165, 1.54) is 24.3 Å². The van der Waals surface area contributed by atoms with Crippen LogP contribution in [0.5, 0.6) is 11.5 Å². The van der Waals surface area contributed by atoms with Crippen LogP contribution in [-0.2, 0) is 21.5 Å². The van der Waals surface area contributed by atoms with Crippen LogP contribution in [0.15, 0.2) is 78.9 Å². The van der Waals surface area contributed by atoms with Crippen LogP contribution in [0.25, 0.3) is 0 Å². The Labute approximate surface area is 241 Å². The Balaban J connectivity index is 1.92. The average Bonchev–Trinajstić information content (AvgIpc) is 3.33. The van der Waals surface area contributed by atoms with Crippen molar-refractivity contribution in [2.24, 2.45) is 0 Å². The van der Waals surface area contributed by atoms with Crippen molar-refractivity contribution in [3.05, 3.63) is 95.6 Å². The summed E-state index contributed by atoms with van der Waals surface area (Å²) in [5.74, 6) is -2.12. The molecule has 0 saturated carbocycles. The molecule has 0 spiro atoms. The van der Waals surface area contributed by atoms with Gasteiger partial charge in [-0.25, -0.2) is 9.59 Å². The van der Waals surface area contributed by atoms with E-state index >= 15 is 0 Å². The first kappa shape index (κ1) is 31.5. The van der Waals surface area contributed by atoms with E-state index < -0.39 is 53.9 Å². The van der Waals surface area contributed by atoms with Crippen molar-refractivity contribution >= 4 is 12.0 Å². The van der Waals surface area contributed by atoms with Crippen LogP contribution in [0.3, 0.4) is 0 Å². The van der Waals surface area contributed by atoms with E-state index in [0.29, 0.717) is 5.56 Å². The number of hydrogen-bond donors (Lipinski definition) is 2. The Morgan fingerprint density at radius 3 is 1.88 bits per heavy atom. The molecule has 1 saturated heterocycles. The number of likely N-dealkylation sites (tertiary alicyclic amines) is 1. The van der Waals surface area contributed by atoms with Gasteiger partial charge in [0.25, 0.3) is 0 Å². The number of β-amino-alcohol motifs (C(OH)–C–C–N with tert-alkyl or cyclic N) is 1. The molecule has 2 amide bonds. The summed E-state index contributed by atoms with van der Waals surface area (Å²) in [5, 5.41) is 13.0. The molecule has 1 fully saturated rings. The van der Waals surface area contributed by atoms with Crippen LogP contribution < -0.4 is 14.8 Å². The molecule has 1 aliphatic rings. The number of aliphatic hydroxyl groups excluding tert-OH is 1. The third kappa shape index (κ3) is 7.89. The third-order valence-corrected chi connectivity index (χ3v) is 6.77. The van der Waals surface area contributed by atoms with Crippen LogP contribution in [0, 0.1) is 0 Å². The standard InChI is InChI=1S/C29H26F6N2O6/c1-41-25(39)24-15-21(38)17-37(24)26(40)36-27(16-18-7-3-2-4-8-18,19-9-5-11-22(13-19)42-28(30,31)32)20-10-6-12-23(14-20)43-29(33,34)35/h2-14,21,24,38H,15-17H2,1H3,(H,36,40)/t21-,24+/m1/s1. The molecule has 0 unspecified atom stereocenters. The summed E-state index contributed by atoms with van der Waals surface area (Å²) in [5.41, 5.74) is -1.31. The number of nitrogens with zero attached hydrogens (tertiary/aromatic N) is 1. The number of alkyl halides is 6. The maximum absolute atomic E-state index is 13.9. The van der Waals surface area contributed by atoms with Gasteiger partial charge in [-0.15, -0.1) is 26.3 Å². The fourth-order valence-corrected chi connectivity index (χ4v) is 5.03. The first-order valence-electron chi connectivity index (χ1n) is 12.8. The molecule has 14 heteroatoms. The smallest absolute Gasteiger partial charge is 0.467 e. The van der Waals surface area contributed by atoms with Gasteiger partial charge in [0.1, 0.15) is 17.5 Å². The summed E-state index contributed by atoms with van der Waals surface area (Å²) in [7, 11) is 1.10. The van der Waals surface area contributed by atoms with Gasteiger partial charge in [0.2, 0.25) is 0 Å². The van der Waals surface area contributed by atoms with Crippen LogP contribution >= 0.6 is 0 Å². The van der Waals surface area contributed by atoms with Crippen molar-refractivity contribution in [3.8, 4) is 11.5 Å². The number of carbonyl (C=O) groups excluding carboxylic acids is 2. The maximum Gasteiger partial charge on any atom is 0.573 e. The normalized spacial score (nSPS) is 17.3. The van der Waals surface area contributed by atoms with Gasteiger partial charge in [0, 0.05) is 19.4 Å². The van der Waals surface area contributed by atoms with Gasteiger partial charge >= 0.3 is 24.7 Å². The minimum atomic E-state index is -5.07. The quantitative estimate of drug-likeness (QED) is 0.265. The van der Waals surface area contributed by atoms with Crippen LogP contribution in [0.1, 0.15) is 23.1 Å². The molecule has 8 nitrogen and oxygen atoms in total. The minimum absolute atomic E-state index is 0.00461. The number of carbonyl (C=O) groups is 2. The second-order valence-corrected chi connectivity index (χ2v) is 9.73. The predicted octanol–water partition coefficient (Wildman–Crippen LogP) is 5.29. The largest absolute Gasteiger partial charge is 0.573 e. The summed E-state index contributed by atoms with van der Waals surface area (Å²) in [4.78, 5) is 27.3. The lowest BCUT2D eigenvalue weighted by Crippen LogP contribution is -2.55. The number of rotatable bonds is 8. The molecule has 1 heterocycles. The highest BCUT2D eigenvalue weighted by molar-refractivity contribution is 5.85. The molecule has 1 aliphatic heterocycles. The van der Waals surface area contributed by atoms with Gasteiger partial charge in [-0.1, -0.05) is 54.6 Å². The number of urea groups is 1. The van der Waals surface area contributed by atoms with E-state index in [-0.39, 0.29) is 30.5 Å². The molecular formula is C29H26F6N2O6. The van der Waals surface area contributed by atoms with Gasteiger partial charge in [-0.3, -0.25) is 0 Å². The Morgan fingerprint density at radius 1 is 0.860 bits per heavy atom. The number of benzene rings is 3. The highest BCUT2D eigenvalue weighted by Gasteiger charge is 2.44. The van der Waals surface area contributed by atoms with Crippen LogP contribution in [0.2, 0.25) is 0 Å². The molecular weight excluding hydrogens is 586 g/mol. The molecule has 0 aromatic heterocycles. The van der Waals surface area contributed by atoms with Crippen molar-refractivity contribution in [2.45, 2.75) is 43.3 Å². The lowest BCUT2D eigenvalue weighted by Gasteiger charge is -2.38. The SMILES string of the molecule is COC(=O)[C@@H]1C[C@@H](O)CN1C(=O)NC(Cc1ccccc1)(c1cccc(OC(F)(F)F)c1)c1cccc(OC(F)(F)F)c1. The van der Waals surface area contributed by atoms with Gasteiger partial charge in [0.05, 0.1) is 18.8 Å². The third-order valence-electron chi connectivity index (χ3n) is 6.77. The number of nitrogens with one attached hydrogen (secondary N) is 1. The number of hydrogen-bond acceptors (Lipinski definition) is 6. The molecule has 230 valence electrons. The highest BCUT2D eigenvalue weighted by Crippen LogP contribution is 2.39. The number of methoxy groups -OCH3 is 1. The second kappa shape index (κ2) is 12.4. The van der Waals surface area contributed by atoms with Crippen LogP contribution in [-0.4, -0.2) is 60.5 Å². The van der Waals surface area contributed by atoms with Crippen LogP contribution in [0.4, 0.5) is 31.1 Å². The summed E-state index contributed by atoms with van der Waals surface area (Å²) < 4.78 is 92.0. The highest BCUT2D eigenvalue weighted by atomic mass is 19.4. The first-order valence-corrected chi connectivity index (χ1v) is 12.8. The van der Waals surface area contributed by atoms with Crippen molar-refractivity contribution in [3.63, 3.8) is 0 Å². The van der Waals surface area contributed by atoms with E-state index in [1.807, 2.05) is 0 Å². The Bertz CT molecular complexity index is 1370. The summed E-state index contributed by atoms with van der Waals surface area (Å²) in [6.45, 7) is -0.290. The Morgan fingerprint density at radius 2 is 1.40 bits per heavy atom. The van der Waals surface area contributed by atoms with Crippen molar-refractivity contribution in [2.75, 3.05) is 13.7 Å². The van der Waals surface area contributed by atoms with E-state index in [4.69, 9.17) is 4.74 Å². The lowest BCUT2D eigenvalue weighted by atomic mass is 9.77. The van der Waals surface area contributed by atoms with E-state index in [0.717, 1.165) is 36.3 Å². The van der Waals surface area contributed by atoms with Gasteiger partial charge in [0.15, 0.2) is 0 Å². The molecule has 3 aromatic carbocycles. The number of ether oxygens (including phenoxy) is 3. The number of amides is 2. The second-order valence-electron chi connectivity index (χ2n) is 9.73. The molecule has 0 aliphatic carbocycles. The van der Waals surface area contributed by atoms with Gasteiger partial charge < -0.3 is 29.5 Å².